The lowest BCUT2D eigenvalue weighted by Gasteiger charge is -2.15. The molecule has 3 nitrogen and oxygen atoms in total. The molecule has 0 unspecified atom stereocenters. The monoisotopic (exact) mass is 359 g/mol. The highest BCUT2D eigenvalue weighted by molar-refractivity contribution is 5.92. The molecule has 0 heterocycles. The molecule has 0 saturated heterocycles. The Hall–Kier alpha value is -2.83. The van der Waals surface area contributed by atoms with E-state index in [1.165, 1.54) is 25.5 Å². The second-order valence-corrected chi connectivity index (χ2v) is 7.04. The van der Waals surface area contributed by atoms with E-state index in [-0.39, 0.29) is 5.97 Å². The van der Waals surface area contributed by atoms with Gasteiger partial charge >= 0.3 is 5.97 Å². The van der Waals surface area contributed by atoms with Crippen molar-refractivity contribution in [1.29, 1.82) is 0 Å². The highest BCUT2D eigenvalue weighted by Gasteiger charge is 2.25. The number of ether oxygens (including phenoxy) is 1. The molecule has 1 aliphatic carbocycles. The van der Waals surface area contributed by atoms with Crippen LogP contribution >= 0.6 is 0 Å². The molecule has 3 heteroatoms. The molecular weight excluding hydrogens is 334 g/mol. The zero-order chi connectivity index (χ0) is 19.2. The zero-order valence-corrected chi connectivity index (χ0v) is 16.2. The number of carbonyl (C=O) groups is 1. The minimum absolute atomic E-state index is 0.314. The van der Waals surface area contributed by atoms with Crippen LogP contribution in [-0.4, -0.2) is 31.1 Å². The molecule has 0 amide bonds. The topological polar surface area (TPSA) is 29.5 Å². The first-order valence-corrected chi connectivity index (χ1v) is 9.23. The van der Waals surface area contributed by atoms with Gasteiger partial charge in [-0.25, -0.2) is 4.79 Å². The van der Waals surface area contributed by atoms with Gasteiger partial charge in [-0.1, -0.05) is 36.1 Å². The largest absolute Gasteiger partial charge is 0.466 e. The van der Waals surface area contributed by atoms with Crippen LogP contribution in [-0.2, 0) is 16.1 Å². The number of hydrogen-bond acceptors (Lipinski definition) is 3. The molecule has 27 heavy (non-hydrogen) atoms. The van der Waals surface area contributed by atoms with Gasteiger partial charge in [0.1, 0.15) is 0 Å². The molecule has 0 aromatic heterocycles. The quantitative estimate of drug-likeness (QED) is 0.454. The fraction of sp³-hybridized carbons (Fsp3) is 0.292. The van der Waals surface area contributed by atoms with Crippen LogP contribution < -0.4 is 0 Å². The molecular formula is C24H25NO2. The summed E-state index contributed by atoms with van der Waals surface area (Å²) in [6.45, 7) is 2.72. The van der Waals surface area contributed by atoms with Gasteiger partial charge in [-0.3, -0.25) is 4.90 Å². The Morgan fingerprint density at radius 3 is 2.52 bits per heavy atom. The van der Waals surface area contributed by atoms with Crippen molar-refractivity contribution in [3.05, 3.63) is 76.4 Å². The van der Waals surface area contributed by atoms with Crippen LogP contribution in [0.4, 0.5) is 0 Å². The molecule has 0 aliphatic heterocycles. The van der Waals surface area contributed by atoms with E-state index in [9.17, 15) is 4.79 Å². The maximum atomic E-state index is 11.5. The third-order valence-electron chi connectivity index (χ3n) is 4.68. The standard InChI is InChI=1S/C24H25NO2/c1-18(24(26)27-3)15-21-11-8-19(9-12-21)7-10-20-5-4-6-22(16-20)17-25(2)23-13-14-23/h4-6,8-9,11-12,15-16,23H,13-14,17H2,1-3H3/b18-15+. The molecule has 0 N–H and O–H groups in total. The van der Waals surface area contributed by atoms with E-state index in [4.69, 9.17) is 4.74 Å². The lowest BCUT2D eigenvalue weighted by molar-refractivity contribution is -0.135. The SMILES string of the molecule is COC(=O)/C(C)=C/c1ccc(C#Cc2cccc(CN(C)C3CC3)c2)cc1. The number of methoxy groups -OCH3 is 1. The minimum atomic E-state index is -0.314. The number of rotatable bonds is 5. The normalized spacial score (nSPS) is 13.9. The van der Waals surface area contributed by atoms with Crippen molar-refractivity contribution in [2.45, 2.75) is 32.4 Å². The van der Waals surface area contributed by atoms with E-state index >= 15 is 0 Å². The molecule has 0 bridgehead atoms. The Balaban J connectivity index is 1.67. The Morgan fingerprint density at radius 2 is 1.85 bits per heavy atom. The van der Waals surface area contributed by atoms with E-state index in [1.807, 2.05) is 36.4 Å². The van der Waals surface area contributed by atoms with E-state index < -0.39 is 0 Å². The van der Waals surface area contributed by atoms with Crippen molar-refractivity contribution in [1.82, 2.24) is 4.90 Å². The van der Waals surface area contributed by atoms with Crippen molar-refractivity contribution in [3.63, 3.8) is 0 Å². The number of hydrogen-bond donors (Lipinski definition) is 0. The Kier molecular flexibility index (Phi) is 6.11. The predicted molar refractivity (Wildman–Crippen MR) is 109 cm³/mol. The first-order chi connectivity index (χ1) is 13.0. The van der Waals surface area contributed by atoms with E-state index in [1.54, 1.807) is 6.92 Å². The van der Waals surface area contributed by atoms with E-state index in [0.717, 1.165) is 29.3 Å². The van der Waals surface area contributed by atoms with Crippen molar-refractivity contribution >= 4 is 12.0 Å². The Labute approximate surface area is 161 Å². The molecule has 1 saturated carbocycles. The van der Waals surface area contributed by atoms with Gasteiger partial charge in [-0.15, -0.1) is 0 Å². The summed E-state index contributed by atoms with van der Waals surface area (Å²) in [6.07, 6.45) is 4.45. The van der Waals surface area contributed by atoms with E-state index in [2.05, 4.69) is 42.0 Å². The first kappa shape index (κ1) is 18.9. The van der Waals surface area contributed by atoms with Crippen molar-refractivity contribution in [2.24, 2.45) is 0 Å². The maximum Gasteiger partial charge on any atom is 0.333 e. The van der Waals surface area contributed by atoms with Gasteiger partial charge < -0.3 is 4.74 Å². The molecule has 0 radical (unpaired) electrons. The van der Waals surface area contributed by atoms with Crippen LogP contribution in [0.2, 0.25) is 0 Å². The summed E-state index contributed by atoms with van der Waals surface area (Å²) < 4.78 is 4.71. The molecule has 1 fully saturated rings. The number of benzene rings is 2. The summed E-state index contributed by atoms with van der Waals surface area (Å²) in [7, 11) is 3.57. The highest BCUT2D eigenvalue weighted by Crippen LogP contribution is 2.26. The van der Waals surface area contributed by atoms with Gasteiger partial charge in [0, 0.05) is 29.3 Å². The third-order valence-corrected chi connectivity index (χ3v) is 4.68. The van der Waals surface area contributed by atoms with Crippen molar-refractivity contribution < 1.29 is 9.53 Å². The summed E-state index contributed by atoms with van der Waals surface area (Å²) >= 11 is 0. The minimum Gasteiger partial charge on any atom is -0.466 e. The molecule has 138 valence electrons. The van der Waals surface area contributed by atoms with Gasteiger partial charge in [0.15, 0.2) is 0 Å². The van der Waals surface area contributed by atoms with Crippen LogP contribution in [0.15, 0.2) is 54.1 Å². The summed E-state index contributed by atoms with van der Waals surface area (Å²) in [5, 5.41) is 0. The fourth-order valence-corrected chi connectivity index (χ4v) is 2.96. The van der Waals surface area contributed by atoms with E-state index in [0.29, 0.717) is 5.57 Å². The summed E-state index contributed by atoms with van der Waals surface area (Å²) in [5.74, 6) is 6.15. The Bertz CT molecular complexity index is 896. The fourth-order valence-electron chi connectivity index (χ4n) is 2.96. The molecule has 2 aromatic carbocycles. The van der Waals surface area contributed by atoms with Crippen LogP contribution in [0.1, 0.15) is 42.0 Å². The smallest absolute Gasteiger partial charge is 0.333 e. The van der Waals surface area contributed by atoms with Crippen LogP contribution in [0.5, 0.6) is 0 Å². The predicted octanol–water partition coefficient (Wildman–Crippen LogP) is 4.26. The van der Waals surface area contributed by atoms with Gasteiger partial charge in [0.05, 0.1) is 7.11 Å². The lowest BCUT2D eigenvalue weighted by atomic mass is 10.1. The highest BCUT2D eigenvalue weighted by atomic mass is 16.5. The second-order valence-electron chi connectivity index (χ2n) is 7.04. The molecule has 1 aliphatic rings. The third kappa shape index (κ3) is 5.57. The summed E-state index contributed by atoms with van der Waals surface area (Å²) in [5.41, 5.74) is 4.80. The average Bonchev–Trinajstić information content (AvgIpc) is 3.52. The zero-order valence-electron chi connectivity index (χ0n) is 16.2. The molecule has 0 spiro atoms. The number of esters is 1. The molecule has 0 atom stereocenters. The van der Waals surface area contributed by atoms with Crippen molar-refractivity contribution in [2.75, 3.05) is 14.2 Å². The molecule has 3 rings (SSSR count). The van der Waals surface area contributed by atoms with Gasteiger partial charge in [0.2, 0.25) is 0 Å². The van der Waals surface area contributed by atoms with Crippen molar-refractivity contribution in [3.8, 4) is 11.8 Å². The first-order valence-electron chi connectivity index (χ1n) is 9.23. The summed E-state index contributed by atoms with van der Waals surface area (Å²) in [6, 6.07) is 17.1. The van der Waals surface area contributed by atoms with Crippen LogP contribution in [0, 0.1) is 11.8 Å². The molecule has 2 aromatic rings. The van der Waals surface area contributed by atoms with Crippen LogP contribution in [0.3, 0.4) is 0 Å². The Morgan fingerprint density at radius 1 is 1.15 bits per heavy atom. The second kappa shape index (κ2) is 8.70. The number of carbonyl (C=O) groups excluding carboxylic acids is 1. The lowest BCUT2D eigenvalue weighted by Crippen LogP contribution is -2.19. The maximum absolute atomic E-state index is 11.5. The van der Waals surface area contributed by atoms with Gasteiger partial charge in [-0.2, -0.15) is 0 Å². The van der Waals surface area contributed by atoms with Gasteiger partial charge in [0.25, 0.3) is 0 Å². The number of nitrogens with zero attached hydrogens (tertiary/aromatic N) is 1. The summed E-state index contributed by atoms with van der Waals surface area (Å²) in [4.78, 5) is 13.9. The van der Waals surface area contributed by atoms with Gasteiger partial charge in [-0.05, 0) is 68.3 Å². The average molecular weight is 359 g/mol. The van der Waals surface area contributed by atoms with Crippen LogP contribution in [0.25, 0.3) is 6.08 Å².